The van der Waals surface area contributed by atoms with Crippen LogP contribution in [-0.2, 0) is 5.75 Å². The van der Waals surface area contributed by atoms with Crippen LogP contribution in [-0.4, -0.2) is 20.9 Å². The second-order valence-electron chi connectivity index (χ2n) is 5.90. The normalized spacial score (nSPS) is 10.8. The summed E-state index contributed by atoms with van der Waals surface area (Å²) in [5, 5.41) is 8.50. The molecule has 0 radical (unpaired) electrons. The summed E-state index contributed by atoms with van der Waals surface area (Å²) < 4.78 is 0. The number of thioether (sulfide) groups is 1. The van der Waals surface area contributed by atoms with Crippen molar-refractivity contribution in [1.29, 1.82) is 0 Å². The van der Waals surface area contributed by atoms with Crippen molar-refractivity contribution in [2.24, 2.45) is 0 Å². The number of rotatable bonds is 6. The van der Waals surface area contributed by atoms with Crippen molar-refractivity contribution in [1.82, 2.24) is 15.0 Å². The average molecular weight is 425 g/mol. The molecular formula is C20H16N4OS3. The summed E-state index contributed by atoms with van der Waals surface area (Å²) in [7, 11) is 0. The Morgan fingerprint density at radius 1 is 1.11 bits per heavy atom. The number of anilines is 1. The number of aryl methyl sites for hydroxylation is 1. The van der Waals surface area contributed by atoms with Gasteiger partial charge in [0.2, 0.25) is 0 Å². The number of hydrogen-bond acceptors (Lipinski definition) is 7. The van der Waals surface area contributed by atoms with Gasteiger partial charge in [-0.3, -0.25) is 15.1 Å². The molecule has 0 spiro atoms. The van der Waals surface area contributed by atoms with Crippen molar-refractivity contribution in [3.8, 4) is 11.3 Å². The number of amides is 1. The van der Waals surface area contributed by atoms with Gasteiger partial charge in [-0.05, 0) is 43.3 Å². The van der Waals surface area contributed by atoms with Crippen LogP contribution < -0.4 is 5.32 Å². The van der Waals surface area contributed by atoms with E-state index in [0.717, 1.165) is 32.6 Å². The van der Waals surface area contributed by atoms with Crippen molar-refractivity contribution in [2.75, 3.05) is 5.32 Å². The standard InChI is InChI=1S/C20H16N4OS3/c1-13-22-16(10-26-13)11-27-17-6-4-14(5-7-17)19(25)24-20-23-18(12-28-20)15-3-2-8-21-9-15/h2-10,12H,11H2,1H3,(H,23,24,25). The Morgan fingerprint density at radius 3 is 2.68 bits per heavy atom. The first-order valence-electron chi connectivity index (χ1n) is 8.48. The lowest BCUT2D eigenvalue weighted by atomic mass is 10.2. The first-order valence-corrected chi connectivity index (χ1v) is 11.2. The van der Waals surface area contributed by atoms with E-state index in [1.54, 1.807) is 35.5 Å². The Balaban J connectivity index is 1.36. The molecule has 0 bridgehead atoms. The highest BCUT2D eigenvalue weighted by Gasteiger charge is 2.10. The summed E-state index contributed by atoms with van der Waals surface area (Å²) in [5.74, 6) is 0.658. The molecule has 4 aromatic rings. The molecule has 0 aliphatic heterocycles. The Bertz CT molecular complexity index is 1070. The van der Waals surface area contributed by atoms with Crippen molar-refractivity contribution in [3.05, 3.63) is 75.8 Å². The number of thiazole rings is 2. The van der Waals surface area contributed by atoms with E-state index in [1.165, 1.54) is 11.3 Å². The number of carbonyl (C=O) groups excluding carboxylic acids is 1. The molecule has 0 aliphatic rings. The Hall–Kier alpha value is -2.55. The van der Waals surface area contributed by atoms with E-state index in [4.69, 9.17) is 0 Å². The summed E-state index contributed by atoms with van der Waals surface area (Å²) in [5.41, 5.74) is 3.42. The fourth-order valence-electron chi connectivity index (χ4n) is 2.48. The van der Waals surface area contributed by atoms with Crippen LogP contribution in [0.25, 0.3) is 11.3 Å². The zero-order valence-electron chi connectivity index (χ0n) is 15.0. The zero-order valence-corrected chi connectivity index (χ0v) is 17.4. The van der Waals surface area contributed by atoms with Gasteiger partial charge in [-0.2, -0.15) is 0 Å². The summed E-state index contributed by atoms with van der Waals surface area (Å²) in [6.07, 6.45) is 3.47. The van der Waals surface area contributed by atoms with Crippen LogP contribution in [0, 0.1) is 6.92 Å². The number of pyridine rings is 1. The fourth-order valence-corrected chi connectivity index (χ4v) is 4.71. The predicted octanol–water partition coefficient (Wildman–Crippen LogP) is 5.51. The molecule has 0 aliphatic carbocycles. The first kappa shape index (κ1) is 18.8. The second-order valence-corrected chi connectivity index (χ2v) is 8.87. The molecular weight excluding hydrogens is 408 g/mol. The number of benzene rings is 1. The highest BCUT2D eigenvalue weighted by atomic mass is 32.2. The van der Waals surface area contributed by atoms with E-state index in [1.807, 2.05) is 48.7 Å². The van der Waals surface area contributed by atoms with Crippen LogP contribution in [0.4, 0.5) is 5.13 Å². The van der Waals surface area contributed by atoms with Crippen molar-refractivity contribution < 1.29 is 4.79 Å². The van der Waals surface area contributed by atoms with Crippen LogP contribution in [0.3, 0.4) is 0 Å². The maximum absolute atomic E-state index is 12.5. The van der Waals surface area contributed by atoms with Gasteiger partial charge in [0, 0.05) is 44.9 Å². The maximum atomic E-state index is 12.5. The van der Waals surface area contributed by atoms with Crippen LogP contribution in [0.5, 0.6) is 0 Å². The molecule has 1 aromatic carbocycles. The third kappa shape index (κ3) is 4.64. The topological polar surface area (TPSA) is 67.8 Å². The van der Waals surface area contributed by atoms with E-state index in [0.29, 0.717) is 10.7 Å². The van der Waals surface area contributed by atoms with Gasteiger partial charge in [0.25, 0.3) is 5.91 Å². The van der Waals surface area contributed by atoms with Gasteiger partial charge in [-0.25, -0.2) is 9.97 Å². The number of carbonyl (C=O) groups is 1. The molecule has 0 atom stereocenters. The number of nitrogens with one attached hydrogen (secondary N) is 1. The number of nitrogens with zero attached hydrogens (tertiary/aromatic N) is 3. The lowest BCUT2D eigenvalue weighted by Crippen LogP contribution is -2.11. The van der Waals surface area contributed by atoms with Crippen molar-refractivity contribution in [2.45, 2.75) is 17.6 Å². The maximum Gasteiger partial charge on any atom is 0.257 e. The predicted molar refractivity (Wildman–Crippen MR) is 116 cm³/mol. The summed E-state index contributed by atoms with van der Waals surface area (Å²) in [6.45, 7) is 2.01. The van der Waals surface area contributed by atoms with Gasteiger partial charge in [0.15, 0.2) is 5.13 Å². The largest absolute Gasteiger partial charge is 0.298 e. The van der Waals surface area contributed by atoms with Crippen molar-refractivity contribution >= 4 is 45.5 Å². The second kappa shape index (κ2) is 8.64. The number of aromatic nitrogens is 3. The van der Waals surface area contributed by atoms with Gasteiger partial charge in [0.1, 0.15) is 0 Å². The Labute approximate surface area is 174 Å². The van der Waals surface area contributed by atoms with E-state index >= 15 is 0 Å². The molecule has 1 amide bonds. The number of hydrogen-bond donors (Lipinski definition) is 1. The van der Waals surface area contributed by atoms with Gasteiger partial charge >= 0.3 is 0 Å². The Kier molecular flexibility index (Phi) is 5.80. The Morgan fingerprint density at radius 2 is 1.96 bits per heavy atom. The van der Waals surface area contributed by atoms with E-state index in [-0.39, 0.29) is 5.91 Å². The third-order valence-electron chi connectivity index (χ3n) is 3.85. The smallest absolute Gasteiger partial charge is 0.257 e. The van der Waals surface area contributed by atoms with Crippen molar-refractivity contribution in [3.63, 3.8) is 0 Å². The monoisotopic (exact) mass is 424 g/mol. The molecule has 4 rings (SSSR count). The lowest BCUT2D eigenvalue weighted by molar-refractivity contribution is 0.102. The zero-order chi connectivity index (χ0) is 19.3. The minimum Gasteiger partial charge on any atom is -0.298 e. The molecule has 3 aromatic heterocycles. The minimum atomic E-state index is -0.168. The third-order valence-corrected chi connectivity index (χ3v) is 6.48. The van der Waals surface area contributed by atoms with Gasteiger partial charge in [-0.1, -0.05) is 0 Å². The van der Waals surface area contributed by atoms with E-state index in [9.17, 15) is 4.79 Å². The SMILES string of the molecule is Cc1nc(CSc2ccc(C(=O)Nc3nc(-c4cccnc4)cs3)cc2)cs1. The first-order chi connectivity index (χ1) is 13.7. The molecule has 3 heterocycles. The molecule has 5 nitrogen and oxygen atoms in total. The molecule has 0 unspecified atom stereocenters. The van der Waals surface area contributed by atoms with Crippen LogP contribution >= 0.6 is 34.4 Å². The summed E-state index contributed by atoms with van der Waals surface area (Å²) in [4.78, 5) is 26.6. The van der Waals surface area contributed by atoms with Gasteiger partial charge < -0.3 is 0 Å². The van der Waals surface area contributed by atoms with E-state index < -0.39 is 0 Å². The molecule has 0 saturated carbocycles. The fraction of sp³-hybridized carbons (Fsp3) is 0.100. The summed E-state index contributed by atoms with van der Waals surface area (Å²) >= 11 is 4.77. The molecule has 1 N–H and O–H groups in total. The van der Waals surface area contributed by atoms with E-state index in [2.05, 4.69) is 25.6 Å². The van der Waals surface area contributed by atoms with Crippen LogP contribution in [0.15, 0.2) is 64.4 Å². The van der Waals surface area contributed by atoms with Crippen LogP contribution in [0.2, 0.25) is 0 Å². The molecule has 140 valence electrons. The lowest BCUT2D eigenvalue weighted by Gasteiger charge is -2.04. The quantitative estimate of drug-likeness (QED) is 0.413. The van der Waals surface area contributed by atoms with Gasteiger partial charge in [-0.15, -0.1) is 34.4 Å². The molecule has 28 heavy (non-hydrogen) atoms. The van der Waals surface area contributed by atoms with Gasteiger partial charge in [0.05, 0.1) is 16.4 Å². The minimum absolute atomic E-state index is 0.168. The molecule has 8 heteroatoms. The highest BCUT2D eigenvalue weighted by Crippen LogP contribution is 2.26. The molecule has 0 fully saturated rings. The molecule has 0 saturated heterocycles. The highest BCUT2D eigenvalue weighted by molar-refractivity contribution is 7.98. The summed E-state index contributed by atoms with van der Waals surface area (Å²) in [6, 6.07) is 11.4. The van der Waals surface area contributed by atoms with Crippen LogP contribution in [0.1, 0.15) is 21.1 Å². The average Bonchev–Trinajstić information content (AvgIpc) is 3.36.